The Morgan fingerprint density at radius 3 is 2.59 bits per heavy atom. The molecule has 2 N–H and O–H groups in total. The normalized spacial score (nSPS) is 21.0. The molecule has 2 heterocycles. The van der Waals surface area contributed by atoms with E-state index in [0.717, 1.165) is 24.6 Å². The summed E-state index contributed by atoms with van der Waals surface area (Å²) in [4.78, 5) is 7.09. The molecule has 2 aliphatic rings. The molecule has 29 heavy (non-hydrogen) atoms. The number of nitrogens with zero attached hydrogens (tertiary/aromatic N) is 2. The average molecular weight is 409 g/mol. The molecule has 0 unspecified atom stereocenters. The highest BCUT2D eigenvalue weighted by molar-refractivity contribution is 7.80. The first kappa shape index (κ1) is 20.1. The molecule has 5 heteroatoms. The summed E-state index contributed by atoms with van der Waals surface area (Å²) in [6, 6.07) is 15.6. The number of thiocarbonyl (C=S) groups is 1. The van der Waals surface area contributed by atoms with E-state index in [1.807, 2.05) is 6.20 Å². The molecule has 1 aliphatic carbocycles. The minimum Gasteiger partial charge on any atom is -0.362 e. The SMILES string of the molecule is C[C@H]1CCCCN1c1ccc(NC(=S)NCC2(c3ccccc3)CCCC2)cn1. The van der Waals surface area contributed by atoms with Crippen molar-refractivity contribution in [3.8, 4) is 0 Å². The second-order valence-corrected chi connectivity index (χ2v) is 9.01. The van der Waals surface area contributed by atoms with Gasteiger partial charge in [0.2, 0.25) is 0 Å². The zero-order valence-electron chi connectivity index (χ0n) is 17.4. The summed E-state index contributed by atoms with van der Waals surface area (Å²) in [5.74, 6) is 1.07. The average Bonchev–Trinajstić information content (AvgIpc) is 3.24. The van der Waals surface area contributed by atoms with Gasteiger partial charge in [-0.25, -0.2) is 4.98 Å². The number of rotatable bonds is 5. The number of hydrogen-bond donors (Lipinski definition) is 2. The number of benzene rings is 1. The van der Waals surface area contributed by atoms with Crippen LogP contribution in [0.25, 0.3) is 0 Å². The van der Waals surface area contributed by atoms with Crippen molar-refractivity contribution >= 4 is 28.8 Å². The van der Waals surface area contributed by atoms with Gasteiger partial charge < -0.3 is 15.5 Å². The molecule has 2 aromatic rings. The molecule has 1 aliphatic heterocycles. The van der Waals surface area contributed by atoms with Crippen molar-refractivity contribution in [1.82, 2.24) is 10.3 Å². The van der Waals surface area contributed by atoms with E-state index in [4.69, 9.17) is 12.2 Å². The quantitative estimate of drug-likeness (QED) is 0.661. The third-order valence-electron chi connectivity index (χ3n) is 6.64. The largest absolute Gasteiger partial charge is 0.362 e. The Balaban J connectivity index is 1.35. The van der Waals surface area contributed by atoms with Gasteiger partial charge in [-0.05, 0) is 68.9 Å². The number of nitrogens with one attached hydrogen (secondary N) is 2. The van der Waals surface area contributed by atoms with Crippen LogP contribution in [0.2, 0.25) is 0 Å². The summed E-state index contributed by atoms with van der Waals surface area (Å²) >= 11 is 5.59. The van der Waals surface area contributed by atoms with Gasteiger partial charge in [0, 0.05) is 24.5 Å². The van der Waals surface area contributed by atoms with Crippen molar-refractivity contribution in [1.29, 1.82) is 0 Å². The van der Waals surface area contributed by atoms with Crippen LogP contribution in [0.1, 0.15) is 57.4 Å². The molecule has 0 radical (unpaired) electrons. The van der Waals surface area contributed by atoms with Crippen LogP contribution in [0.3, 0.4) is 0 Å². The molecule has 2 fully saturated rings. The summed E-state index contributed by atoms with van der Waals surface area (Å²) in [5, 5.41) is 7.47. The first-order valence-corrected chi connectivity index (χ1v) is 11.4. The molecular weight excluding hydrogens is 376 g/mol. The fourth-order valence-corrected chi connectivity index (χ4v) is 5.09. The summed E-state index contributed by atoms with van der Waals surface area (Å²) in [6.45, 7) is 4.26. The molecule has 1 atom stereocenters. The first-order valence-electron chi connectivity index (χ1n) is 11.0. The van der Waals surface area contributed by atoms with Crippen LogP contribution in [0.5, 0.6) is 0 Å². The smallest absolute Gasteiger partial charge is 0.170 e. The van der Waals surface area contributed by atoms with E-state index in [2.05, 4.69) is 69.9 Å². The zero-order chi connectivity index (χ0) is 20.1. The number of aromatic nitrogens is 1. The molecule has 4 rings (SSSR count). The van der Waals surface area contributed by atoms with Crippen LogP contribution in [-0.4, -0.2) is 29.2 Å². The van der Waals surface area contributed by atoms with E-state index in [1.54, 1.807) is 0 Å². The molecule has 4 nitrogen and oxygen atoms in total. The monoisotopic (exact) mass is 408 g/mol. The Morgan fingerprint density at radius 2 is 1.90 bits per heavy atom. The van der Waals surface area contributed by atoms with Crippen LogP contribution in [-0.2, 0) is 5.41 Å². The number of anilines is 2. The second kappa shape index (κ2) is 9.12. The van der Waals surface area contributed by atoms with Gasteiger partial charge in [-0.15, -0.1) is 0 Å². The highest BCUT2D eigenvalue weighted by atomic mass is 32.1. The van der Waals surface area contributed by atoms with E-state index >= 15 is 0 Å². The third-order valence-corrected chi connectivity index (χ3v) is 6.88. The van der Waals surface area contributed by atoms with Gasteiger partial charge >= 0.3 is 0 Å². The Bertz CT molecular complexity index is 799. The van der Waals surface area contributed by atoms with Crippen molar-refractivity contribution in [2.24, 2.45) is 0 Å². The summed E-state index contributed by atoms with van der Waals surface area (Å²) in [5.41, 5.74) is 2.56. The van der Waals surface area contributed by atoms with Gasteiger partial charge in [0.25, 0.3) is 0 Å². The number of pyridine rings is 1. The Hall–Kier alpha value is -2.14. The van der Waals surface area contributed by atoms with Crippen LogP contribution >= 0.6 is 12.2 Å². The first-order chi connectivity index (χ1) is 14.2. The van der Waals surface area contributed by atoms with Crippen LogP contribution in [0.4, 0.5) is 11.5 Å². The zero-order valence-corrected chi connectivity index (χ0v) is 18.2. The lowest BCUT2D eigenvalue weighted by molar-refractivity contribution is 0.435. The Morgan fingerprint density at radius 1 is 1.10 bits per heavy atom. The van der Waals surface area contributed by atoms with E-state index < -0.39 is 0 Å². The summed E-state index contributed by atoms with van der Waals surface area (Å²) in [7, 11) is 0. The molecule has 154 valence electrons. The second-order valence-electron chi connectivity index (χ2n) is 8.60. The van der Waals surface area contributed by atoms with Gasteiger partial charge in [0.1, 0.15) is 5.82 Å². The van der Waals surface area contributed by atoms with Crippen molar-refractivity contribution in [3.05, 3.63) is 54.2 Å². The highest BCUT2D eigenvalue weighted by Crippen LogP contribution is 2.40. The van der Waals surface area contributed by atoms with Gasteiger partial charge in [0.15, 0.2) is 5.11 Å². The maximum atomic E-state index is 5.59. The predicted molar refractivity (Wildman–Crippen MR) is 126 cm³/mol. The minimum atomic E-state index is 0.194. The maximum Gasteiger partial charge on any atom is 0.170 e. The molecule has 1 aromatic carbocycles. The van der Waals surface area contributed by atoms with Gasteiger partial charge in [0.05, 0.1) is 11.9 Å². The van der Waals surface area contributed by atoms with E-state index in [-0.39, 0.29) is 5.41 Å². The fourth-order valence-electron chi connectivity index (χ4n) is 4.90. The molecule has 1 saturated heterocycles. The summed E-state index contributed by atoms with van der Waals surface area (Å²) in [6.07, 6.45) is 10.7. The minimum absolute atomic E-state index is 0.194. The van der Waals surface area contributed by atoms with Crippen LogP contribution in [0.15, 0.2) is 48.7 Å². The van der Waals surface area contributed by atoms with Crippen molar-refractivity contribution < 1.29 is 0 Å². The third kappa shape index (κ3) is 4.72. The van der Waals surface area contributed by atoms with Gasteiger partial charge in [-0.1, -0.05) is 43.2 Å². The highest BCUT2D eigenvalue weighted by Gasteiger charge is 2.35. The maximum absolute atomic E-state index is 5.59. The van der Waals surface area contributed by atoms with E-state index in [9.17, 15) is 0 Å². The molecule has 0 amide bonds. The fraction of sp³-hybridized carbons (Fsp3) is 0.500. The molecule has 1 saturated carbocycles. The van der Waals surface area contributed by atoms with Crippen LogP contribution < -0.4 is 15.5 Å². The Labute approximate surface area is 180 Å². The number of hydrogen-bond acceptors (Lipinski definition) is 3. The van der Waals surface area contributed by atoms with E-state index in [1.165, 1.54) is 50.5 Å². The molecule has 0 bridgehead atoms. The Kier molecular flexibility index (Phi) is 6.34. The van der Waals surface area contributed by atoms with Crippen molar-refractivity contribution in [3.63, 3.8) is 0 Å². The lowest BCUT2D eigenvalue weighted by atomic mass is 9.79. The molecular formula is C24H32N4S. The topological polar surface area (TPSA) is 40.2 Å². The van der Waals surface area contributed by atoms with E-state index in [0.29, 0.717) is 11.2 Å². The summed E-state index contributed by atoms with van der Waals surface area (Å²) < 4.78 is 0. The lowest BCUT2D eigenvalue weighted by Crippen LogP contribution is -2.40. The lowest BCUT2D eigenvalue weighted by Gasteiger charge is -2.34. The standard InChI is InChI=1S/C24H32N4S/c1-19-9-5-8-16-28(19)22-13-12-21(17-25-22)27-23(29)26-18-24(14-6-7-15-24)20-10-3-2-4-11-20/h2-4,10-13,17,19H,5-9,14-16,18H2,1H3,(H2,26,27,29)/t19-/m0/s1. The van der Waals surface area contributed by atoms with Gasteiger partial charge in [-0.2, -0.15) is 0 Å². The molecule has 0 spiro atoms. The molecule has 1 aromatic heterocycles. The van der Waals surface area contributed by atoms with Crippen LogP contribution in [0, 0.1) is 0 Å². The predicted octanol–water partition coefficient (Wildman–Crippen LogP) is 5.26. The number of piperidine rings is 1. The van der Waals surface area contributed by atoms with Crippen molar-refractivity contribution in [2.75, 3.05) is 23.3 Å². The van der Waals surface area contributed by atoms with Gasteiger partial charge in [-0.3, -0.25) is 0 Å². The van der Waals surface area contributed by atoms with Crippen molar-refractivity contribution in [2.45, 2.75) is 63.3 Å².